The monoisotopic (exact) mass is 348 g/mol. The molecule has 0 aromatic carbocycles. The summed E-state index contributed by atoms with van der Waals surface area (Å²) >= 11 is 0. The van der Waals surface area contributed by atoms with E-state index < -0.39 is 68.5 Å². The molecule has 0 aromatic heterocycles. The Balaban J connectivity index is 0.00000264. The Labute approximate surface area is 154 Å². The van der Waals surface area contributed by atoms with Crippen molar-refractivity contribution in [1.82, 2.24) is 0 Å². The van der Waals surface area contributed by atoms with Crippen molar-refractivity contribution in [3.05, 3.63) is 0 Å². The molecule has 2 aliphatic rings. The van der Waals surface area contributed by atoms with Crippen LogP contribution < -0.4 is 34.7 Å². The van der Waals surface area contributed by atoms with E-state index in [-0.39, 0.29) is 36.0 Å². The Morgan fingerprint density at radius 2 is 1.43 bits per heavy atom. The first-order valence-corrected chi connectivity index (χ1v) is 6.95. The largest absolute Gasteiger partial charge is 1.00 e. The first-order valence-electron chi connectivity index (χ1n) is 6.95. The van der Waals surface area contributed by atoms with E-state index in [1.165, 1.54) is 0 Å². The van der Waals surface area contributed by atoms with Gasteiger partial charge in [0.15, 0.2) is 6.29 Å². The smallest absolute Gasteiger partial charge is 0.831 e. The second-order valence-corrected chi connectivity index (χ2v) is 5.38. The summed E-state index contributed by atoms with van der Waals surface area (Å²) in [6, 6.07) is 0. The van der Waals surface area contributed by atoms with Gasteiger partial charge in [-0.15, -0.1) is 0 Å². The minimum Gasteiger partial charge on any atom is -0.831 e. The van der Waals surface area contributed by atoms with Gasteiger partial charge in [-0.3, -0.25) is 0 Å². The summed E-state index contributed by atoms with van der Waals surface area (Å²) in [7, 11) is 0. The van der Waals surface area contributed by atoms with Crippen molar-refractivity contribution >= 4 is 0 Å². The second kappa shape index (κ2) is 9.34. The molecule has 6 N–H and O–H groups in total. The van der Waals surface area contributed by atoms with E-state index in [1.807, 2.05) is 0 Å². The molecule has 0 bridgehead atoms. The van der Waals surface area contributed by atoms with Gasteiger partial charge in [-0.1, -0.05) is 0 Å². The van der Waals surface area contributed by atoms with Crippen LogP contribution in [0.3, 0.4) is 0 Å². The van der Waals surface area contributed by atoms with E-state index in [0.29, 0.717) is 0 Å². The van der Waals surface area contributed by atoms with Gasteiger partial charge >= 0.3 is 29.6 Å². The van der Waals surface area contributed by atoms with Crippen molar-refractivity contribution in [2.24, 2.45) is 0 Å². The Kier molecular flexibility index (Phi) is 8.79. The van der Waals surface area contributed by atoms with Gasteiger partial charge in [0, 0.05) is 0 Å². The number of ether oxygens (including phenoxy) is 3. The fourth-order valence-electron chi connectivity index (χ4n) is 2.54. The van der Waals surface area contributed by atoms with Gasteiger partial charge in [-0.05, 0) is 12.7 Å². The minimum atomic E-state index is -1.63. The maximum absolute atomic E-state index is 11.5. The molecule has 0 saturated carbocycles. The van der Waals surface area contributed by atoms with E-state index in [0.717, 1.165) is 0 Å². The average molecular weight is 348 g/mol. The van der Waals surface area contributed by atoms with Crippen LogP contribution in [0.2, 0.25) is 0 Å². The molecule has 0 aliphatic carbocycles. The predicted octanol–water partition coefficient (Wildman–Crippen LogP) is -8.00. The third-order valence-corrected chi connectivity index (χ3v) is 3.85. The molecule has 9 atom stereocenters. The van der Waals surface area contributed by atoms with Crippen molar-refractivity contribution in [1.29, 1.82) is 0 Å². The maximum Gasteiger partial charge on any atom is 1.00 e. The van der Waals surface area contributed by atoms with Crippen LogP contribution in [0.15, 0.2) is 0 Å². The summed E-state index contributed by atoms with van der Waals surface area (Å²) in [5.41, 5.74) is 0. The Morgan fingerprint density at radius 3 is 2.00 bits per heavy atom. The van der Waals surface area contributed by atoms with Crippen LogP contribution in [0.1, 0.15) is 6.42 Å². The quantitative estimate of drug-likeness (QED) is 0.268. The van der Waals surface area contributed by atoms with Gasteiger partial charge in [0.05, 0.1) is 19.3 Å². The average Bonchev–Trinajstić information content (AvgIpc) is 2.50. The van der Waals surface area contributed by atoms with Gasteiger partial charge in [0.2, 0.25) is 0 Å². The molecule has 0 amide bonds. The minimum absolute atomic E-state index is 0. The van der Waals surface area contributed by atoms with Crippen molar-refractivity contribution in [2.75, 3.05) is 13.2 Å². The van der Waals surface area contributed by atoms with Crippen LogP contribution >= 0.6 is 0 Å². The van der Waals surface area contributed by atoms with Crippen LogP contribution in [0.5, 0.6) is 0 Å². The van der Waals surface area contributed by atoms with Crippen LogP contribution in [-0.2, 0) is 14.2 Å². The number of aliphatic hydroxyl groups is 6. The summed E-state index contributed by atoms with van der Waals surface area (Å²) in [6.45, 7) is -1.21. The van der Waals surface area contributed by atoms with Crippen LogP contribution in [0.4, 0.5) is 0 Å². The fourth-order valence-corrected chi connectivity index (χ4v) is 2.54. The summed E-state index contributed by atoms with van der Waals surface area (Å²) in [4.78, 5) is 0. The maximum atomic E-state index is 11.5. The zero-order valence-electron chi connectivity index (χ0n) is 12.6. The van der Waals surface area contributed by atoms with Gasteiger partial charge in [-0.25, -0.2) is 0 Å². The zero-order chi connectivity index (χ0) is 16.4. The molecule has 2 rings (SSSR count). The molecule has 2 aliphatic heterocycles. The zero-order valence-corrected chi connectivity index (χ0v) is 14.6. The summed E-state index contributed by atoms with van der Waals surface area (Å²) < 4.78 is 15.3. The molecule has 0 aromatic rings. The van der Waals surface area contributed by atoms with Crippen molar-refractivity contribution in [3.63, 3.8) is 0 Å². The number of hydrogen-bond donors (Lipinski definition) is 6. The van der Waals surface area contributed by atoms with Crippen molar-refractivity contribution < 1.29 is 79.5 Å². The number of hydrogen-bond acceptors (Lipinski definition) is 10. The molecule has 5 unspecified atom stereocenters. The van der Waals surface area contributed by atoms with E-state index in [9.17, 15) is 25.5 Å². The predicted molar refractivity (Wildman–Crippen MR) is 65.0 cm³/mol. The molecule has 10 nitrogen and oxygen atoms in total. The fraction of sp³-hybridized carbons (Fsp3) is 1.00. The van der Waals surface area contributed by atoms with Crippen molar-refractivity contribution in [2.45, 2.75) is 61.7 Å². The third kappa shape index (κ3) is 4.82. The van der Waals surface area contributed by atoms with Gasteiger partial charge in [-0.2, -0.15) is 0 Å². The number of aliphatic hydroxyl groups excluding tert-OH is 6. The molecule has 0 radical (unpaired) electrons. The molecule has 2 heterocycles. The molecular weight excluding hydrogens is 327 g/mol. The molecule has 2 fully saturated rings. The molecule has 0 spiro atoms. The van der Waals surface area contributed by atoms with Gasteiger partial charge in [0.1, 0.15) is 36.6 Å². The first kappa shape index (κ1) is 21.6. The molecule has 130 valence electrons. The Hall–Kier alpha value is 0.600. The van der Waals surface area contributed by atoms with E-state index >= 15 is 0 Å². The first-order chi connectivity index (χ1) is 10.4. The van der Waals surface area contributed by atoms with Crippen LogP contribution in [0.25, 0.3) is 0 Å². The second-order valence-electron chi connectivity index (χ2n) is 5.38. The van der Waals surface area contributed by atoms with E-state index in [2.05, 4.69) is 0 Å². The Bertz CT molecular complexity index is 359. The summed E-state index contributed by atoms with van der Waals surface area (Å²) in [6.07, 6.45) is -12.8. The van der Waals surface area contributed by atoms with E-state index in [1.54, 1.807) is 0 Å². The molecular formula is C12H21NaO10. The normalized spacial score (nSPS) is 47.9. The van der Waals surface area contributed by atoms with Crippen LogP contribution in [0, 0.1) is 0 Å². The van der Waals surface area contributed by atoms with Crippen LogP contribution in [-0.4, -0.2) is 99.2 Å². The summed E-state index contributed by atoms with van der Waals surface area (Å²) in [5, 5.41) is 68.7. The van der Waals surface area contributed by atoms with E-state index in [4.69, 9.17) is 24.4 Å². The molecule has 11 heteroatoms. The van der Waals surface area contributed by atoms with Gasteiger partial charge in [0.25, 0.3) is 0 Å². The standard InChI is InChI=1S/C12H21O10.Na/c13-2-5-8(16)4(1-7(15)20-5)21-12-11(19)10(18)9(17)6(3-14)22-12;/h4-14,16-19H,1-3H2;/q-1;+1/t4-,5+,6?,7+,8+,9?,10?,11?,12?;/m0./s1. The third-order valence-electron chi connectivity index (χ3n) is 3.85. The SMILES string of the molecule is [Na+].[O-][C@H]1C[C@H](OC2OC(CO)C(O)C(O)C2O)[C@@H](O)[C@@H](CO)O1. The summed E-state index contributed by atoms with van der Waals surface area (Å²) in [5.74, 6) is 0. The number of rotatable bonds is 4. The topological polar surface area (TPSA) is 172 Å². The van der Waals surface area contributed by atoms with Gasteiger partial charge < -0.3 is 50.0 Å². The Morgan fingerprint density at radius 1 is 0.870 bits per heavy atom. The molecule has 2 saturated heterocycles. The molecule has 23 heavy (non-hydrogen) atoms. The van der Waals surface area contributed by atoms with Crippen molar-refractivity contribution in [3.8, 4) is 0 Å².